The summed E-state index contributed by atoms with van der Waals surface area (Å²) in [6, 6.07) is 6.52. The fourth-order valence-electron chi connectivity index (χ4n) is 2.06. The highest BCUT2D eigenvalue weighted by Crippen LogP contribution is 2.26. The normalized spacial score (nSPS) is 14.6. The van der Waals surface area contributed by atoms with Gasteiger partial charge in [0, 0.05) is 6.54 Å². The van der Waals surface area contributed by atoms with Crippen molar-refractivity contribution in [3.63, 3.8) is 0 Å². The predicted molar refractivity (Wildman–Crippen MR) is 78.5 cm³/mol. The van der Waals surface area contributed by atoms with Crippen LogP contribution in [0.2, 0.25) is 0 Å². The summed E-state index contributed by atoms with van der Waals surface area (Å²) in [5, 5.41) is 3.21. The van der Waals surface area contributed by atoms with Crippen molar-refractivity contribution in [3.8, 4) is 5.75 Å². The molecule has 0 bridgehead atoms. The summed E-state index contributed by atoms with van der Waals surface area (Å²) in [6.45, 7) is 11.7. The third-order valence-corrected chi connectivity index (χ3v) is 3.40. The van der Waals surface area contributed by atoms with Crippen LogP contribution in [0.4, 0.5) is 0 Å². The van der Waals surface area contributed by atoms with Crippen LogP contribution in [0, 0.1) is 6.92 Å². The summed E-state index contributed by atoms with van der Waals surface area (Å²) in [7, 11) is 1.97. The van der Waals surface area contributed by atoms with Gasteiger partial charge in [-0.2, -0.15) is 0 Å². The molecule has 0 heterocycles. The molecule has 102 valence electrons. The van der Waals surface area contributed by atoms with E-state index in [0.29, 0.717) is 5.92 Å². The molecule has 2 nitrogen and oxygen atoms in total. The van der Waals surface area contributed by atoms with Crippen LogP contribution < -0.4 is 10.1 Å². The van der Waals surface area contributed by atoms with E-state index in [4.69, 9.17) is 4.74 Å². The highest BCUT2D eigenvalue weighted by atomic mass is 16.5. The minimum atomic E-state index is -0.142. The molecule has 1 atom stereocenters. The lowest BCUT2D eigenvalue weighted by Gasteiger charge is -2.30. The van der Waals surface area contributed by atoms with Crippen LogP contribution in [0.5, 0.6) is 5.75 Å². The molecule has 18 heavy (non-hydrogen) atoms. The molecule has 0 fully saturated rings. The lowest BCUT2D eigenvalue weighted by molar-refractivity contribution is 0.0856. The van der Waals surface area contributed by atoms with E-state index >= 15 is 0 Å². The largest absolute Gasteiger partial charge is 0.486 e. The van der Waals surface area contributed by atoms with Gasteiger partial charge in [0.05, 0.1) is 0 Å². The van der Waals surface area contributed by atoms with Crippen molar-refractivity contribution in [2.75, 3.05) is 13.6 Å². The first-order valence-electron chi connectivity index (χ1n) is 6.85. The molecule has 0 radical (unpaired) electrons. The maximum atomic E-state index is 6.20. The highest BCUT2D eigenvalue weighted by molar-refractivity contribution is 5.35. The molecule has 0 spiro atoms. The molecular weight excluding hydrogens is 222 g/mol. The van der Waals surface area contributed by atoms with Crippen molar-refractivity contribution in [1.82, 2.24) is 5.32 Å². The Kier molecular flexibility index (Phi) is 5.21. The molecule has 0 aliphatic heterocycles. The van der Waals surface area contributed by atoms with E-state index in [9.17, 15) is 0 Å². The van der Waals surface area contributed by atoms with Gasteiger partial charge in [-0.25, -0.2) is 0 Å². The number of hydrogen-bond donors (Lipinski definition) is 1. The number of ether oxygens (including phenoxy) is 1. The van der Waals surface area contributed by atoms with Gasteiger partial charge in [-0.15, -0.1) is 0 Å². The second-order valence-electron chi connectivity index (χ2n) is 5.67. The number of hydrogen-bond acceptors (Lipinski definition) is 2. The Morgan fingerprint density at radius 2 is 1.94 bits per heavy atom. The van der Waals surface area contributed by atoms with E-state index in [1.165, 1.54) is 11.1 Å². The first-order chi connectivity index (χ1) is 8.40. The van der Waals surface area contributed by atoms with E-state index < -0.39 is 0 Å². The Morgan fingerprint density at radius 3 is 2.44 bits per heavy atom. The van der Waals surface area contributed by atoms with Crippen molar-refractivity contribution < 1.29 is 4.74 Å². The molecule has 1 unspecified atom stereocenters. The predicted octanol–water partition coefficient (Wildman–Crippen LogP) is 3.89. The molecule has 2 heteroatoms. The third-order valence-electron chi connectivity index (χ3n) is 3.40. The van der Waals surface area contributed by atoms with Crippen molar-refractivity contribution in [3.05, 3.63) is 29.3 Å². The quantitative estimate of drug-likeness (QED) is 0.826. The van der Waals surface area contributed by atoms with Crippen molar-refractivity contribution in [2.24, 2.45) is 0 Å². The van der Waals surface area contributed by atoms with Crippen molar-refractivity contribution >= 4 is 0 Å². The van der Waals surface area contributed by atoms with Crippen LogP contribution in [-0.2, 0) is 0 Å². The van der Waals surface area contributed by atoms with Gasteiger partial charge in [0.15, 0.2) is 0 Å². The Labute approximate surface area is 112 Å². The van der Waals surface area contributed by atoms with Gasteiger partial charge >= 0.3 is 0 Å². The lowest BCUT2D eigenvalue weighted by Crippen LogP contribution is -2.41. The van der Waals surface area contributed by atoms with Gasteiger partial charge in [0.1, 0.15) is 11.4 Å². The topological polar surface area (TPSA) is 21.3 Å². The monoisotopic (exact) mass is 249 g/mol. The second-order valence-corrected chi connectivity index (χ2v) is 5.67. The number of nitrogens with one attached hydrogen (secondary N) is 1. The van der Waals surface area contributed by atoms with Crippen molar-refractivity contribution in [2.45, 2.75) is 52.6 Å². The molecule has 0 aliphatic rings. The zero-order valence-corrected chi connectivity index (χ0v) is 12.6. The van der Waals surface area contributed by atoms with Gasteiger partial charge in [0.25, 0.3) is 0 Å². The first kappa shape index (κ1) is 15.0. The Balaban J connectivity index is 2.96. The van der Waals surface area contributed by atoms with Crippen LogP contribution in [0.3, 0.4) is 0 Å². The molecule has 1 aromatic carbocycles. The molecule has 0 amide bonds. The molecule has 0 aliphatic carbocycles. The van der Waals surface area contributed by atoms with E-state index in [-0.39, 0.29) is 5.60 Å². The zero-order valence-electron chi connectivity index (χ0n) is 12.6. The minimum absolute atomic E-state index is 0.142. The molecule has 0 saturated carbocycles. The summed E-state index contributed by atoms with van der Waals surface area (Å²) in [5.74, 6) is 1.52. The second kappa shape index (κ2) is 6.24. The van der Waals surface area contributed by atoms with Gasteiger partial charge < -0.3 is 10.1 Å². The Morgan fingerprint density at radius 1 is 1.28 bits per heavy atom. The minimum Gasteiger partial charge on any atom is -0.486 e. The van der Waals surface area contributed by atoms with Crippen LogP contribution in [0.15, 0.2) is 18.2 Å². The maximum Gasteiger partial charge on any atom is 0.120 e. The molecule has 0 saturated heterocycles. The number of likely N-dealkylation sites (N-methyl/N-ethyl adjacent to an activating group) is 1. The SMILES string of the molecule is CCC(C)(CNC)Oc1cc(C)cc(C(C)C)c1. The standard InChI is InChI=1S/C16H27NO/c1-7-16(5,11-17-6)18-15-9-13(4)8-14(10-15)12(2)3/h8-10,12,17H,7,11H2,1-6H3. The first-order valence-corrected chi connectivity index (χ1v) is 6.85. The molecule has 1 rings (SSSR count). The molecule has 1 aromatic rings. The van der Waals surface area contributed by atoms with Crippen molar-refractivity contribution in [1.29, 1.82) is 0 Å². The summed E-state index contributed by atoms with van der Waals surface area (Å²) in [6.07, 6.45) is 0.985. The molecule has 1 N–H and O–H groups in total. The van der Waals surface area contributed by atoms with Gasteiger partial charge in [-0.3, -0.25) is 0 Å². The van der Waals surface area contributed by atoms with Crippen LogP contribution in [0.1, 0.15) is 51.2 Å². The summed E-state index contributed by atoms with van der Waals surface area (Å²) in [4.78, 5) is 0. The number of rotatable bonds is 6. The van der Waals surface area contributed by atoms with Crippen LogP contribution >= 0.6 is 0 Å². The number of benzene rings is 1. The fraction of sp³-hybridized carbons (Fsp3) is 0.625. The Hall–Kier alpha value is -1.02. The average molecular weight is 249 g/mol. The van der Waals surface area contributed by atoms with Gasteiger partial charge in [-0.1, -0.05) is 26.8 Å². The smallest absolute Gasteiger partial charge is 0.120 e. The van der Waals surface area contributed by atoms with Crippen LogP contribution in [-0.4, -0.2) is 19.2 Å². The summed E-state index contributed by atoms with van der Waals surface area (Å²) < 4.78 is 6.20. The van der Waals surface area contributed by atoms with Crippen LogP contribution in [0.25, 0.3) is 0 Å². The van der Waals surface area contributed by atoms with E-state index in [2.05, 4.69) is 58.1 Å². The average Bonchev–Trinajstić information content (AvgIpc) is 2.28. The number of aryl methyl sites for hydroxylation is 1. The summed E-state index contributed by atoms with van der Waals surface area (Å²) >= 11 is 0. The fourth-order valence-corrected chi connectivity index (χ4v) is 2.06. The maximum absolute atomic E-state index is 6.20. The highest BCUT2D eigenvalue weighted by Gasteiger charge is 2.23. The lowest BCUT2D eigenvalue weighted by atomic mass is 10.00. The van der Waals surface area contributed by atoms with E-state index in [1.807, 2.05) is 7.05 Å². The van der Waals surface area contributed by atoms with E-state index in [0.717, 1.165) is 18.7 Å². The molecule has 0 aromatic heterocycles. The zero-order chi connectivity index (χ0) is 13.8. The van der Waals surface area contributed by atoms with Gasteiger partial charge in [0.2, 0.25) is 0 Å². The van der Waals surface area contributed by atoms with E-state index in [1.54, 1.807) is 0 Å². The Bertz CT molecular complexity index is 387. The molecular formula is C16H27NO. The third kappa shape index (κ3) is 4.02. The van der Waals surface area contributed by atoms with Gasteiger partial charge in [-0.05, 0) is 56.5 Å². The summed E-state index contributed by atoms with van der Waals surface area (Å²) in [5.41, 5.74) is 2.46.